The van der Waals surface area contributed by atoms with E-state index in [2.05, 4.69) is 15.5 Å². The minimum atomic E-state index is 0.422. The summed E-state index contributed by atoms with van der Waals surface area (Å²) in [5.74, 6) is 0.986. The fourth-order valence-electron chi connectivity index (χ4n) is 2.25. The Morgan fingerprint density at radius 1 is 1.56 bits per heavy atom. The maximum absolute atomic E-state index is 5.41. The summed E-state index contributed by atoms with van der Waals surface area (Å²) >= 11 is 0. The van der Waals surface area contributed by atoms with Gasteiger partial charge in [-0.1, -0.05) is 0 Å². The summed E-state index contributed by atoms with van der Waals surface area (Å²) in [4.78, 5) is 0. The molecule has 1 fully saturated rings. The van der Waals surface area contributed by atoms with Crippen LogP contribution in [-0.4, -0.2) is 34.0 Å². The van der Waals surface area contributed by atoms with Crippen molar-refractivity contribution in [2.24, 2.45) is 7.05 Å². The number of aryl methyl sites for hydroxylation is 1. The lowest BCUT2D eigenvalue weighted by molar-refractivity contribution is 0.0585. The molecule has 1 aromatic rings. The monoisotopic (exact) mass is 224 g/mol. The van der Waals surface area contributed by atoms with E-state index in [0.29, 0.717) is 12.1 Å². The zero-order chi connectivity index (χ0) is 11.4. The number of ether oxygens (including phenoxy) is 1. The molecule has 0 aromatic carbocycles. The van der Waals surface area contributed by atoms with Crippen molar-refractivity contribution in [2.75, 3.05) is 7.11 Å². The van der Waals surface area contributed by atoms with E-state index in [1.54, 1.807) is 13.4 Å². The maximum Gasteiger partial charge on any atom is 0.146 e. The standard InChI is InChI=1S/C11H20N4O/c1-15-8-13-14-11(15)7-12-9-4-3-5-10(6-9)16-2/h8-10,12H,3-7H2,1-2H3. The van der Waals surface area contributed by atoms with Crippen LogP contribution in [0.2, 0.25) is 0 Å². The molecule has 5 heteroatoms. The molecule has 1 N–H and O–H groups in total. The molecule has 1 saturated carbocycles. The zero-order valence-corrected chi connectivity index (χ0v) is 10.0. The van der Waals surface area contributed by atoms with Crippen LogP contribution in [0.5, 0.6) is 0 Å². The summed E-state index contributed by atoms with van der Waals surface area (Å²) in [6.07, 6.45) is 6.93. The SMILES string of the molecule is COC1CCCC(NCc2nncn2C)C1. The fourth-order valence-corrected chi connectivity index (χ4v) is 2.25. The molecule has 1 aromatic heterocycles. The van der Waals surface area contributed by atoms with Crippen LogP contribution in [-0.2, 0) is 18.3 Å². The van der Waals surface area contributed by atoms with E-state index >= 15 is 0 Å². The van der Waals surface area contributed by atoms with E-state index in [4.69, 9.17) is 4.74 Å². The fraction of sp³-hybridized carbons (Fsp3) is 0.818. The first-order valence-corrected chi connectivity index (χ1v) is 5.88. The van der Waals surface area contributed by atoms with Crippen LogP contribution < -0.4 is 5.32 Å². The van der Waals surface area contributed by atoms with Crippen LogP contribution in [0.3, 0.4) is 0 Å². The molecule has 2 rings (SSSR count). The molecule has 5 nitrogen and oxygen atoms in total. The lowest BCUT2D eigenvalue weighted by Crippen LogP contribution is -2.36. The number of nitrogens with zero attached hydrogens (tertiary/aromatic N) is 3. The van der Waals surface area contributed by atoms with Crippen LogP contribution in [0, 0.1) is 0 Å². The average molecular weight is 224 g/mol. The Labute approximate surface area is 96.2 Å². The molecule has 0 saturated heterocycles. The smallest absolute Gasteiger partial charge is 0.146 e. The van der Waals surface area contributed by atoms with Gasteiger partial charge in [-0.15, -0.1) is 10.2 Å². The summed E-state index contributed by atoms with van der Waals surface area (Å²) in [5.41, 5.74) is 0. The first kappa shape index (κ1) is 11.5. The van der Waals surface area contributed by atoms with Crippen molar-refractivity contribution in [1.82, 2.24) is 20.1 Å². The molecule has 0 bridgehead atoms. The van der Waals surface area contributed by atoms with E-state index in [0.717, 1.165) is 18.8 Å². The van der Waals surface area contributed by atoms with Gasteiger partial charge in [0.1, 0.15) is 12.2 Å². The molecule has 0 amide bonds. The van der Waals surface area contributed by atoms with Gasteiger partial charge in [0.2, 0.25) is 0 Å². The molecule has 16 heavy (non-hydrogen) atoms. The molecule has 1 aliphatic rings. The Bertz CT molecular complexity index is 326. The number of hydrogen-bond donors (Lipinski definition) is 1. The Balaban J connectivity index is 1.79. The molecule has 0 aliphatic heterocycles. The van der Waals surface area contributed by atoms with E-state index in [-0.39, 0.29) is 0 Å². The Morgan fingerprint density at radius 2 is 2.44 bits per heavy atom. The maximum atomic E-state index is 5.41. The molecule has 0 radical (unpaired) electrons. The number of aromatic nitrogens is 3. The van der Waals surface area contributed by atoms with Crippen molar-refractivity contribution in [1.29, 1.82) is 0 Å². The van der Waals surface area contributed by atoms with Crippen LogP contribution in [0.25, 0.3) is 0 Å². The molecule has 2 unspecified atom stereocenters. The van der Waals surface area contributed by atoms with Crippen molar-refractivity contribution in [2.45, 2.75) is 44.4 Å². The van der Waals surface area contributed by atoms with E-state index in [9.17, 15) is 0 Å². The molecular weight excluding hydrogens is 204 g/mol. The molecular formula is C11H20N4O. The van der Waals surface area contributed by atoms with Crippen molar-refractivity contribution in [3.63, 3.8) is 0 Å². The highest BCUT2D eigenvalue weighted by molar-refractivity contribution is 4.86. The van der Waals surface area contributed by atoms with E-state index in [1.165, 1.54) is 19.3 Å². The molecule has 1 aliphatic carbocycles. The van der Waals surface area contributed by atoms with Gasteiger partial charge in [-0.05, 0) is 25.7 Å². The third-order valence-corrected chi connectivity index (χ3v) is 3.31. The first-order valence-electron chi connectivity index (χ1n) is 5.88. The van der Waals surface area contributed by atoms with Gasteiger partial charge >= 0.3 is 0 Å². The van der Waals surface area contributed by atoms with Gasteiger partial charge in [0.15, 0.2) is 0 Å². The highest BCUT2D eigenvalue weighted by Gasteiger charge is 2.21. The molecule has 0 spiro atoms. The van der Waals surface area contributed by atoms with Crippen molar-refractivity contribution in [3.8, 4) is 0 Å². The number of rotatable bonds is 4. The van der Waals surface area contributed by atoms with Gasteiger partial charge in [0, 0.05) is 20.2 Å². The second-order valence-electron chi connectivity index (χ2n) is 4.46. The van der Waals surface area contributed by atoms with Crippen LogP contribution in [0.1, 0.15) is 31.5 Å². The summed E-state index contributed by atoms with van der Waals surface area (Å²) in [7, 11) is 3.77. The lowest BCUT2D eigenvalue weighted by Gasteiger charge is -2.28. The Morgan fingerprint density at radius 3 is 3.12 bits per heavy atom. The molecule has 2 atom stereocenters. The summed E-state index contributed by atoms with van der Waals surface area (Å²) in [6, 6.07) is 0.551. The topological polar surface area (TPSA) is 52.0 Å². The number of methoxy groups -OCH3 is 1. The van der Waals surface area contributed by atoms with Gasteiger partial charge < -0.3 is 14.6 Å². The minimum Gasteiger partial charge on any atom is -0.381 e. The quantitative estimate of drug-likeness (QED) is 0.824. The van der Waals surface area contributed by atoms with Crippen LogP contribution in [0.4, 0.5) is 0 Å². The predicted molar refractivity (Wildman–Crippen MR) is 60.9 cm³/mol. The summed E-state index contributed by atoms with van der Waals surface area (Å²) in [5, 5.41) is 11.4. The van der Waals surface area contributed by atoms with Crippen LogP contribution >= 0.6 is 0 Å². The largest absolute Gasteiger partial charge is 0.381 e. The van der Waals surface area contributed by atoms with E-state index < -0.39 is 0 Å². The predicted octanol–water partition coefficient (Wildman–Crippen LogP) is 0.862. The van der Waals surface area contributed by atoms with E-state index in [1.807, 2.05) is 11.6 Å². The number of nitrogens with one attached hydrogen (secondary N) is 1. The zero-order valence-electron chi connectivity index (χ0n) is 10.0. The highest BCUT2D eigenvalue weighted by Crippen LogP contribution is 2.20. The van der Waals surface area contributed by atoms with Gasteiger partial charge in [-0.2, -0.15) is 0 Å². The van der Waals surface area contributed by atoms with Gasteiger partial charge in [-0.25, -0.2) is 0 Å². The lowest BCUT2D eigenvalue weighted by atomic mass is 9.93. The Kier molecular flexibility index (Phi) is 3.90. The van der Waals surface area contributed by atoms with Gasteiger partial charge in [0.05, 0.1) is 12.6 Å². The second kappa shape index (κ2) is 5.41. The average Bonchev–Trinajstić information content (AvgIpc) is 2.72. The molecule has 1 heterocycles. The summed E-state index contributed by atoms with van der Waals surface area (Å²) < 4.78 is 7.36. The van der Waals surface area contributed by atoms with Gasteiger partial charge in [-0.3, -0.25) is 0 Å². The van der Waals surface area contributed by atoms with Crippen molar-refractivity contribution >= 4 is 0 Å². The number of hydrogen-bond acceptors (Lipinski definition) is 4. The normalized spacial score (nSPS) is 25.9. The second-order valence-corrected chi connectivity index (χ2v) is 4.46. The minimum absolute atomic E-state index is 0.422. The highest BCUT2D eigenvalue weighted by atomic mass is 16.5. The summed E-state index contributed by atoms with van der Waals surface area (Å²) in [6.45, 7) is 0.789. The van der Waals surface area contributed by atoms with Crippen LogP contribution in [0.15, 0.2) is 6.33 Å². The third-order valence-electron chi connectivity index (χ3n) is 3.31. The Hall–Kier alpha value is -0.940. The van der Waals surface area contributed by atoms with Crippen molar-refractivity contribution < 1.29 is 4.74 Å². The molecule has 90 valence electrons. The third kappa shape index (κ3) is 2.80. The van der Waals surface area contributed by atoms with Gasteiger partial charge in [0.25, 0.3) is 0 Å². The first-order chi connectivity index (χ1) is 7.79. The van der Waals surface area contributed by atoms with Crippen molar-refractivity contribution in [3.05, 3.63) is 12.2 Å².